The summed E-state index contributed by atoms with van der Waals surface area (Å²) in [4.78, 5) is 16.6. The molecule has 5 nitrogen and oxygen atoms in total. The Labute approximate surface area is 159 Å². The van der Waals surface area contributed by atoms with Crippen LogP contribution < -0.4 is 9.47 Å². The van der Waals surface area contributed by atoms with Gasteiger partial charge in [-0.05, 0) is 42.7 Å². The maximum Gasteiger partial charge on any atom is 0.363 e. The molecule has 1 heterocycles. The SMILES string of the molecule is CCCCc1ccc(C2=NC(=Cc3cccc(OC)c3OC)C(=O)O2)cc1. The van der Waals surface area contributed by atoms with Crippen molar-refractivity contribution in [2.45, 2.75) is 26.2 Å². The summed E-state index contributed by atoms with van der Waals surface area (Å²) in [6.45, 7) is 2.17. The van der Waals surface area contributed by atoms with Crippen LogP contribution in [-0.4, -0.2) is 26.1 Å². The van der Waals surface area contributed by atoms with E-state index in [1.165, 1.54) is 5.56 Å². The van der Waals surface area contributed by atoms with Gasteiger partial charge < -0.3 is 14.2 Å². The maximum absolute atomic E-state index is 12.2. The predicted octanol–water partition coefficient (Wildman–Crippen LogP) is 4.39. The Kier molecular flexibility index (Phi) is 5.91. The molecular formula is C22H23NO4. The Bertz CT molecular complexity index is 882. The van der Waals surface area contributed by atoms with E-state index in [1.54, 1.807) is 26.4 Å². The quantitative estimate of drug-likeness (QED) is 0.539. The highest BCUT2D eigenvalue weighted by molar-refractivity contribution is 6.13. The Morgan fingerprint density at radius 1 is 1.07 bits per heavy atom. The first-order valence-corrected chi connectivity index (χ1v) is 8.99. The van der Waals surface area contributed by atoms with Crippen LogP contribution in [0.3, 0.4) is 0 Å². The number of aliphatic imine (C=N–C) groups is 1. The van der Waals surface area contributed by atoms with Gasteiger partial charge in [-0.2, -0.15) is 0 Å². The fourth-order valence-corrected chi connectivity index (χ4v) is 2.90. The van der Waals surface area contributed by atoms with Crippen LogP contribution in [0.2, 0.25) is 0 Å². The monoisotopic (exact) mass is 365 g/mol. The van der Waals surface area contributed by atoms with Gasteiger partial charge >= 0.3 is 5.97 Å². The second-order valence-corrected chi connectivity index (χ2v) is 6.22. The first-order valence-electron chi connectivity index (χ1n) is 8.99. The molecule has 1 aliphatic heterocycles. The number of carbonyl (C=O) groups excluding carboxylic acids is 1. The van der Waals surface area contributed by atoms with Gasteiger partial charge in [-0.1, -0.05) is 37.6 Å². The van der Waals surface area contributed by atoms with Gasteiger partial charge in [0.2, 0.25) is 5.90 Å². The van der Waals surface area contributed by atoms with Crippen LogP contribution in [0, 0.1) is 0 Å². The number of cyclic esters (lactones) is 1. The summed E-state index contributed by atoms with van der Waals surface area (Å²) in [5.41, 5.74) is 2.97. The van der Waals surface area contributed by atoms with Gasteiger partial charge in [0.1, 0.15) is 0 Å². The minimum Gasteiger partial charge on any atom is -0.493 e. The summed E-state index contributed by atoms with van der Waals surface area (Å²) in [5.74, 6) is 0.967. The molecule has 0 aromatic heterocycles. The number of unbranched alkanes of at least 4 members (excludes halogenated alkanes) is 1. The van der Waals surface area contributed by atoms with E-state index in [2.05, 4.69) is 11.9 Å². The number of para-hydroxylation sites is 1. The minimum absolute atomic E-state index is 0.228. The Morgan fingerprint density at radius 3 is 2.52 bits per heavy atom. The predicted molar refractivity (Wildman–Crippen MR) is 105 cm³/mol. The van der Waals surface area contributed by atoms with E-state index < -0.39 is 5.97 Å². The number of rotatable bonds is 7. The van der Waals surface area contributed by atoms with Crippen LogP contribution in [0.1, 0.15) is 36.5 Å². The molecule has 0 spiro atoms. The van der Waals surface area contributed by atoms with Gasteiger partial charge in [-0.15, -0.1) is 0 Å². The smallest absolute Gasteiger partial charge is 0.363 e. The maximum atomic E-state index is 12.2. The zero-order chi connectivity index (χ0) is 19.2. The van der Waals surface area contributed by atoms with Crippen LogP contribution in [-0.2, 0) is 16.0 Å². The zero-order valence-corrected chi connectivity index (χ0v) is 15.8. The van der Waals surface area contributed by atoms with E-state index in [1.807, 2.05) is 36.4 Å². The molecule has 5 heteroatoms. The summed E-state index contributed by atoms with van der Waals surface area (Å²) >= 11 is 0. The van der Waals surface area contributed by atoms with Crippen LogP contribution in [0.15, 0.2) is 53.2 Å². The van der Waals surface area contributed by atoms with Crippen molar-refractivity contribution in [2.75, 3.05) is 14.2 Å². The molecule has 1 aliphatic rings. The zero-order valence-electron chi connectivity index (χ0n) is 15.8. The Balaban J connectivity index is 1.87. The lowest BCUT2D eigenvalue weighted by molar-refractivity contribution is -0.129. The van der Waals surface area contributed by atoms with E-state index in [4.69, 9.17) is 14.2 Å². The number of aryl methyl sites for hydroxylation is 1. The Hall–Kier alpha value is -3.08. The minimum atomic E-state index is -0.482. The summed E-state index contributed by atoms with van der Waals surface area (Å²) in [6, 6.07) is 13.4. The number of esters is 1. The molecule has 0 amide bonds. The Morgan fingerprint density at radius 2 is 1.85 bits per heavy atom. The first-order chi connectivity index (χ1) is 13.2. The molecule has 3 rings (SSSR count). The number of ether oxygens (including phenoxy) is 3. The van der Waals surface area contributed by atoms with Crippen LogP contribution in [0.4, 0.5) is 0 Å². The van der Waals surface area contributed by atoms with E-state index in [-0.39, 0.29) is 5.70 Å². The number of carbonyl (C=O) groups is 1. The summed E-state index contributed by atoms with van der Waals surface area (Å²) in [7, 11) is 3.13. The molecule has 0 unspecified atom stereocenters. The van der Waals surface area contributed by atoms with Gasteiger partial charge in [0.25, 0.3) is 0 Å². The highest BCUT2D eigenvalue weighted by atomic mass is 16.6. The van der Waals surface area contributed by atoms with Crippen molar-refractivity contribution in [2.24, 2.45) is 4.99 Å². The third kappa shape index (κ3) is 4.19. The molecule has 0 bridgehead atoms. The van der Waals surface area contributed by atoms with Crippen molar-refractivity contribution in [3.05, 3.63) is 64.9 Å². The number of methoxy groups -OCH3 is 2. The topological polar surface area (TPSA) is 57.1 Å². The first kappa shape index (κ1) is 18.7. The average molecular weight is 365 g/mol. The molecule has 0 radical (unpaired) electrons. The van der Waals surface area contributed by atoms with Crippen molar-refractivity contribution in [1.29, 1.82) is 0 Å². The standard InChI is InChI=1S/C22H23NO4/c1-4-5-7-15-10-12-16(13-11-15)21-23-18(22(24)27-21)14-17-8-6-9-19(25-2)20(17)26-3/h6,8-14H,4-5,7H2,1-3H3. The summed E-state index contributed by atoms with van der Waals surface area (Å²) in [6.07, 6.45) is 5.01. The van der Waals surface area contributed by atoms with E-state index in [0.717, 1.165) is 24.8 Å². The highest BCUT2D eigenvalue weighted by Gasteiger charge is 2.24. The van der Waals surface area contributed by atoms with Crippen molar-refractivity contribution < 1.29 is 19.0 Å². The lowest BCUT2D eigenvalue weighted by atomic mass is 10.1. The number of hydrogen-bond donors (Lipinski definition) is 0. The van der Waals surface area contributed by atoms with Gasteiger partial charge in [0, 0.05) is 11.1 Å². The van der Waals surface area contributed by atoms with Crippen molar-refractivity contribution >= 4 is 17.9 Å². The molecule has 0 saturated heterocycles. The fourth-order valence-electron chi connectivity index (χ4n) is 2.90. The van der Waals surface area contributed by atoms with Crippen LogP contribution >= 0.6 is 0 Å². The fraction of sp³-hybridized carbons (Fsp3) is 0.273. The van der Waals surface area contributed by atoms with Crippen molar-refractivity contribution in [1.82, 2.24) is 0 Å². The van der Waals surface area contributed by atoms with Gasteiger partial charge in [0.15, 0.2) is 17.2 Å². The molecule has 27 heavy (non-hydrogen) atoms. The van der Waals surface area contributed by atoms with E-state index in [9.17, 15) is 4.79 Å². The largest absolute Gasteiger partial charge is 0.493 e. The van der Waals surface area contributed by atoms with E-state index >= 15 is 0 Å². The summed E-state index contributed by atoms with van der Waals surface area (Å²) in [5, 5.41) is 0. The highest BCUT2D eigenvalue weighted by Crippen LogP contribution is 2.33. The third-order valence-corrected chi connectivity index (χ3v) is 4.37. The van der Waals surface area contributed by atoms with Gasteiger partial charge in [0.05, 0.1) is 14.2 Å². The average Bonchev–Trinajstić information content (AvgIpc) is 3.06. The third-order valence-electron chi connectivity index (χ3n) is 4.37. The molecule has 140 valence electrons. The second-order valence-electron chi connectivity index (χ2n) is 6.22. The van der Waals surface area contributed by atoms with Gasteiger partial charge in [-0.3, -0.25) is 0 Å². The van der Waals surface area contributed by atoms with E-state index in [0.29, 0.717) is 23.0 Å². The van der Waals surface area contributed by atoms with Crippen molar-refractivity contribution in [3.63, 3.8) is 0 Å². The lowest BCUT2D eigenvalue weighted by Gasteiger charge is -2.09. The lowest BCUT2D eigenvalue weighted by Crippen LogP contribution is -2.05. The molecule has 0 aliphatic carbocycles. The van der Waals surface area contributed by atoms with Gasteiger partial charge in [-0.25, -0.2) is 9.79 Å². The number of hydrogen-bond acceptors (Lipinski definition) is 5. The normalized spacial score (nSPS) is 14.9. The van der Waals surface area contributed by atoms with Crippen molar-refractivity contribution in [3.8, 4) is 11.5 Å². The second kappa shape index (κ2) is 8.54. The molecule has 0 fully saturated rings. The number of nitrogens with zero attached hydrogens (tertiary/aromatic N) is 1. The molecular weight excluding hydrogens is 342 g/mol. The van der Waals surface area contributed by atoms with Crippen LogP contribution in [0.25, 0.3) is 6.08 Å². The summed E-state index contributed by atoms with van der Waals surface area (Å²) < 4.78 is 16.0. The number of benzene rings is 2. The molecule has 0 atom stereocenters. The molecule has 2 aromatic rings. The molecule has 2 aromatic carbocycles. The molecule has 0 N–H and O–H groups in total. The van der Waals surface area contributed by atoms with Crippen LogP contribution in [0.5, 0.6) is 11.5 Å². The molecule has 0 saturated carbocycles.